The topological polar surface area (TPSA) is 66.4 Å². The van der Waals surface area contributed by atoms with Crippen LogP contribution < -0.4 is 5.32 Å². The zero-order valence-corrected chi connectivity index (χ0v) is 13.3. The van der Waals surface area contributed by atoms with Gasteiger partial charge in [-0.05, 0) is 52.4 Å². The van der Waals surface area contributed by atoms with Crippen LogP contribution in [0.3, 0.4) is 0 Å². The highest BCUT2D eigenvalue weighted by atomic mass is 127. The number of hydrogen-bond donors (Lipinski definition) is 2. The van der Waals surface area contributed by atoms with Gasteiger partial charge in [0, 0.05) is 15.6 Å². The van der Waals surface area contributed by atoms with Gasteiger partial charge in [0.25, 0.3) is 5.91 Å². The maximum atomic E-state index is 12.1. The third-order valence-electron chi connectivity index (χ3n) is 2.99. The van der Waals surface area contributed by atoms with E-state index in [1.165, 1.54) is 0 Å². The second-order valence-electron chi connectivity index (χ2n) is 4.56. The summed E-state index contributed by atoms with van der Waals surface area (Å²) < 4.78 is 1.02. The van der Waals surface area contributed by atoms with E-state index in [1.807, 2.05) is 42.5 Å². The van der Waals surface area contributed by atoms with E-state index in [0.29, 0.717) is 5.56 Å². The molecule has 0 aromatic heterocycles. The first-order valence-corrected chi connectivity index (χ1v) is 7.47. The number of halogens is 1. The molecule has 0 saturated heterocycles. The van der Waals surface area contributed by atoms with Crippen molar-refractivity contribution in [1.82, 2.24) is 5.32 Å². The largest absolute Gasteiger partial charge is 0.480 e. The molecule has 0 saturated carbocycles. The van der Waals surface area contributed by atoms with Gasteiger partial charge in [0.05, 0.1) is 0 Å². The minimum Gasteiger partial charge on any atom is -0.480 e. The van der Waals surface area contributed by atoms with Crippen molar-refractivity contribution >= 4 is 34.5 Å². The molecule has 0 spiro atoms. The van der Waals surface area contributed by atoms with E-state index < -0.39 is 12.0 Å². The van der Waals surface area contributed by atoms with Crippen LogP contribution in [0, 0.1) is 3.57 Å². The normalized spacial score (nSPS) is 11.7. The lowest BCUT2D eigenvalue weighted by atomic mass is 10.1. The van der Waals surface area contributed by atoms with Gasteiger partial charge in [-0.15, -0.1) is 0 Å². The lowest BCUT2D eigenvalue weighted by Gasteiger charge is -2.14. The molecule has 2 N–H and O–H groups in total. The van der Waals surface area contributed by atoms with E-state index in [4.69, 9.17) is 0 Å². The first kappa shape index (κ1) is 15.5. The summed E-state index contributed by atoms with van der Waals surface area (Å²) in [4.78, 5) is 23.4. The predicted molar refractivity (Wildman–Crippen MR) is 88.2 cm³/mol. The van der Waals surface area contributed by atoms with E-state index in [1.54, 1.807) is 12.1 Å². The van der Waals surface area contributed by atoms with Crippen molar-refractivity contribution < 1.29 is 14.7 Å². The SMILES string of the molecule is O=C(N[C@@H](Cc1ccccc1)C(=O)O)c1ccc(I)cc1. The van der Waals surface area contributed by atoms with Gasteiger partial charge in [0.2, 0.25) is 0 Å². The smallest absolute Gasteiger partial charge is 0.326 e. The number of carboxylic acid groups (broad SMARTS) is 1. The molecular weight excluding hydrogens is 381 g/mol. The second-order valence-corrected chi connectivity index (χ2v) is 5.81. The van der Waals surface area contributed by atoms with Crippen molar-refractivity contribution in [1.29, 1.82) is 0 Å². The van der Waals surface area contributed by atoms with Gasteiger partial charge in [0.1, 0.15) is 6.04 Å². The Morgan fingerprint density at radius 3 is 2.24 bits per heavy atom. The Morgan fingerprint density at radius 2 is 1.67 bits per heavy atom. The van der Waals surface area contributed by atoms with Crippen molar-refractivity contribution in [3.8, 4) is 0 Å². The van der Waals surface area contributed by atoms with E-state index in [-0.39, 0.29) is 12.3 Å². The molecule has 21 heavy (non-hydrogen) atoms. The average Bonchev–Trinajstić information content (AvgIpc) is 2.48. The summed E-state index contributed by atoms with van der Waals surface area (Å²) in [7, 11) is 0. The van der Waals surface area contributed by atoms with E-state index >= 15 is 0 Å². The molecule has 108 valence electrons. The van der Waals surface area contributed by atoms with Crippen molar-refractivity contribution in [2.45, 2.75) is 12.5 Å². The molecule has 0 aliphatic rings. The number of aliphatic carboxylic acids is 1. The average molecular weight is 395 g/mol. The second kappa shape index (κ2) is 7.21. The minimum atomic E-state index is -1.04. The number of benzene rings is 2. The van der Waals surface area contributed by atoms with Crippen molar-refractivity contribution in [3.05, 3.63) is 69.3 Å². The Labute approximate surface area is 136 Å². The van der Waals surface area contributed by atoms with Gasteiger partial charge in [-0.1, -0.05) is 30.3 Å². The first-order valence-electron chi connectivity index (χ1n) is 6.39. The Morgan fingerprint density at radius 1 is 1.05 bits per heavy atom. The van der Waals surface area contributed by atoms with Crippen molar-refractivity contribution in [2.24, 2.45) is 0 Å². The minimum absolute atomic E-state index is 0.256. The highest BCUT2D eigenvalue weighted by Crippen LogP contribution is 2.08. The Balaban J connectivity index is 2.07. The molecule has 1 atom stereocenters. The summed E-state index contributed by atoms with van der Waals surface area (Å²) in [6.45, 7) is 0. The van der Waals surface area contributed by atoms with Gasteiger partial charge in [0.15, 0.2) is 0 Å². The summed E-state index contributed by atoms with van der Waals surface area (Å²) in [5, 5.41) is 11.8. The molecule has 0 unspecified atom stereocenters. The third kappa shape index (κ3) is 4.56. The molecule has 0 aliphatic heterocycles. The summed E-state index contributed by atoms with van der Waals surface area (Å²) in [5.74, 6) is -1.42. The van der Waals surface area contributed by atoms with Crippen LogP contribution in [0.1, 0.15) is 15.9 Å². The monoisotopic (exact) mass is 395 g/mol. The maximum Gasteiger partial charge on any atom is 0.326 e. The van der Waals surface area contributed by atoms with Crippen molar-refractivity contribution in [2.75, 3.05) is 0 Å². The number of carbonyl (C=O) groups excluding carboxylic acids is 1. The van der Waals surface area contributed by atoms with Crippen LogP contribution in [-0.4, -0.2) is 23.0 Å². The van der Waals surface area contributed by atoms with Gasteiger partial charge >= 0.3 is 5.97 Å². The Kier molecular flexibility index (Phi) is 5.32. The van der Waals surface area contributed by atoms with Crippen LogP contribution in [0.4, 0.5) is 0 Å². The van der Waals surface area contributed by atoms with Gasteiger partial charge in [-0.2, -0.15) is 0 Å². The lowest BCUT2D eigenvalue weighted by molar-refractivity contribution is -0.139. The fourth-order valence-corrected chi connectivity index (χ4v) is 2.25. The zero-order valence-electron chi connectivity index (χ0n) is 11.1. The number of amides is 1. The summed E-state index contributed by atoms with van der Waals surface area (Å²) >= 11 is 2.15. The maximum absolute atomic E-state index is 12.1. The van der Waals surface area contributed by atoms with Crippen LogP contribution >= 0.6 is 22.6 Å². The molecule has 1 amide bonds. The molecule has 4 nitrogen and oxygen atoms in total. The highest BCUT2D eigenvalue weighted by Gasteiger charge is 2.20. The molecule has 0 bridgehead atoms. The molecule has 0 fully saturated rings. The molecule has 5 heteroatoms. The fraction of sp³-hybridized carbons (Fsp3) is 0.125. The number of rotatable bonds is 5. The molecule has 2 aromatic rings. The van der Waals surface area contributed by atoms with Crippen LogP contribution in [-0.2, 0) is 11.2 Å². The number of hydrogen-bond acceptors (Lipinski definition) is 2. The zero-order chi connectivity index (χ0) is 15.2. The highest BCUT2D eigenvalue weighted by molar-refractivity contribution is 14.1. The summed E-state index contributed by atoms with van der Waals surface area (Å²) in [6, 6.07) is 15.3. The summed E-state index contributed by atoms with van der Waals surface area (Å²) in [6.07, 6.45) is 0.256. The van der Waals surface area contributed by atoms with Crippen LogP contribution in [0.15, 0.2) is 54.6 Å². The van der Waals surface area contributed by atoms with Crippen LogP contribution in [0.2, 0.25) is 0 Å². The third-order valence-corrected chi connectivity index (χ3v) is 3.71. The summed E-state index contributed by atoms with van der Waals surface area (Å²) in [5.41, 5.74) is 1.32. The van der Waals surface area contributed by atoms with Gasteiger partial charge < -0.3 is 10.4 Å². The predicted octanol–water partition coefficient (Wildman–Crippen LogP) is 2.72. The molecule has 2 rings (SSSR count). The van der Waals surface area contributed by atoms with Gasteiger partial charge in [-0.25, -0.2) is 4.79 Å². The van der Waals surface area contributed by atoms with E-state index in [2.05, 4.69) is 27.9 Å². The molecular formula is C16H14INO3. The van der Waals surface area contributed by atoms with E-state index in [9.17, 15) is 14.7 Å². The lowest BCUT2D eigenvalue weighted by Crippen LogP contribution is -2.42. The fourth-order valence-electron chi connectivity index (χ4n) is 1.89. The van der Waals surface area contributed by atoms with Crippen LogP contribution in [0.5, 0.6) is 0 Å². The number of carbonyl (C=O) groups is 2. The molecule has 0 heterocycles. The molecule has 2 aromatic carbocycles. The number of nitrogens with one attached hydrogen (secondary N) is 1. The molecule has 0 radical (unpaired) electrons. The standard InChI is InChI=1S/C16H14INO3/c17-13-8-6-12(7-9-13)15(19)18-14(16(20)21)10-11-4-2-1-3-5-11/h1-9,14H,10H2,(H,18,19)(H,20,21)/t14-/m0/s1. The quantitative estimate of drug-likeness (QED) is 0.766. The Bertz CT molecular complexity index is 626. The van der Waals surface area contributed by atoms with Crippen LogP contribution in [0.25, 0.3) is 0 Å². The first-order chi connectivity index (χ1) is 10.1. The molecule has 0 aliphatic carbocycles. The Hall–Kier alpha value is -1.89. The number of carboxylic acids is 1. The van der Waals surface area contributed by atoms with E-state index in [0.717, 1.165) is 9.13 Å². The van der Waals surface area contributed by atoms with Gasteiger partial charge in [-0.3, -0.25) is 4.79 Å². The van der Waals surface area contributed by atoms with Crippen molar-refractivity contribution in [3.63, 3.8) is 0 Å².